The van der Waals surface area contributed by atoms with Crippen molar-refractivity contribution in [1.82, 2.24) is 4.90 Å². The Morgan fingerprint density at radius 1 is 1.27 bits per heavy atom. The van der Waals surface area contributed by atoms with Crippen molar-refractivity contribution in [3.05, 3.63) is 51.7 Å². The number of carbonyl (C=O) groups excluding carboxylic acids is 1. The quantitative estimate of drug-likeness (QED) is 0.797. The molecule has 1 aromatic heterocycles. The van der Waals surface area contributed by atoms with Crippen LogP contribution in [0.4, 0.5) is 5.69 Å². The average molecular weight is 373 g/mol. The Kier molecular flexibility index (Phi) is 6.33. The molecular formula is C21H28N2O2S. The fourth-order valence-corrected chi connectivity index (χ4v) is 4.30. The maximum absolute atomic E-state index is 12.8. The maximum atomic E-state index is 12.8. The minimum atomic E-state index is 0.138. The highest BCUT2D eigenvalue weighted by Gasteiger charge is 2.25. The number of anilines is 1. The van der Waals surface area contributed by atoms with Crippen LogP contribution in [-0.4, -0.2) is 37.0 Å². The lowest BCUT2D eigenvalue weighted by Gasteiger charge is -2.33. The van der Waals surface area contributed by atoms with Gasteiger partial charge in [0.25, 0.3) is 5.91 Å². The third-order valence-corrected chi connectivity index (χ3v) is 5.86. The molecule has 2 aromatic rings. The van der Waals surface area contributed by atoms with Crippen molar-refractivity contribution in [3.8, 4) is 0 Å². The number of hydrogen-bond donors (Lipinski definition) is 1. The van der Waals surface area contributed by atoms with Crippen LogP contribution in [0.15, 0.2) is 36.4 Å². The Morgan fingerprint density at radius 3 is 2.73 bits per heavy atom. The topological polar surface area (TPSA) is 41.6 Å². The molecule has 3 rings (SSSR count). The van der Waals surface area contributed by atoms with Crippen LogP contribution in [0.2, 0.25) is 0 Å². The van der Waals surface area contributed by atoms with Gasteiger partial charge in [0.05, 0.1) is 11.5 Å². The van der Waals surface area contributed by atoms with Gasteiger partial charge in [-0.05, 0) is 48.6 Å². The molecule has 0 aliphatic carbocycles. The second-order valence-corrected chi connectivity index (χ2v) is 8.38. The Morgan fingerprint density at radius 2 is 2.04 bits per heavy atom. The highest BCUT2D eigenvalue weighted by atomic mass is 32.1. The predicted octanol–water partition coefficient (Wildman–Crippen LogP) is 4.73. The van der Waals surface area contributed by atoms with Crippen molar-refractivity contribution >= 4 is 22.9 Å². The Bertz CT molecular complexity index is 724. The van der Waals surface area contributed by atoms with E-state index in [9.17, 15) is 4.79 Å². The highest BCUT2D eigenvalue weighted by molar-refractivity contribution is 7.14. The van der Waals surface area contributed by atoms with Crippen LogP contribution >= 0.6 is 11.3 Å². The molecule has 0 saturated carbocycles. The molecule has 140 valence electrons. The third-order valence-electron chi connectivity index (χ3n) is 4.82. The number of rotatable bonds is 6. The van der Waals surface area contributed by atoms with Gasteiger partial charge in [0.2, 0.25) is 0 Å². The van der Waals surface area contributed by atoms with Crippen molar-refractivity contribution in [3.63, 3.8) is 0 Å². The molecule has 2 heterocycles. The van der Waals surface area contributed by atoms with Gasteiger partial charge in [-0.15, -0.1) is 11.3 Å². The van der Waals surface area contributed by atoms with Gasteiger partial charge in [-0.25, -0.2) is 0 Å². The monoisotopic (exact) mass is 372 g/mol. The average Bonchev–Trinajstić information content (AvgIpc) is 3.11. The lowest BCUT2D eigenvalue weighted by Crippen LogP contribution is -2.44. The van der Waals surface area contributed by atoms with Gasteiger partial charge in [0, 0.05) is 36.8 Å². The number of nitrogens with one attached hydrogen (secondary N) is 1. The summed E-state index contributed by atoms with van der Waals surface area (Å²) in [6.07, 6.45) is 2.12. The van der Waals surface area contributed by atoms with E-state index in [1.165, 1.54) is 16.9 Å². The molecule has 26 heavy (non-hydrogen) atoms. The molecule has 1 aliphatic heterocycles. The van der Waals surface area contributed by atoms with E-state index in [0.29, 0.717) is 18.6 Å². The van der Waals surface area contributed by atoms with Crippen LogP contribution < -0.4 is 5.32 Å². The summed E-state index contributed by atoms with van der Waals surface area (Å²) in [5.74, 6) is 0.680. The van der Waals surface area contributed by atoms with Crippen LogP contribution in [-0.2, 0) is 11.3 Å². The molecule has 1 aliphatic rings. The van der Waals surface area contributed by atoms with Crippen LogP contribution in [0.1, 0.15) is 52.7 Å². The number of amides is 1. The Balaban J connectivity index is 1.60. The number of nitrogens with zero attached hydrogens (tertiary/aromatic N) is 1. The Hall–Kier alpha value is -1.85. The lowest BCUT2D eigenvalue weighted by molar-refractivity contribution is 0.0720. The third kappa shape index (κ3) is 4.65. The van der Waals surface area contributed by atoms with Crippen LogP contribution in [0.3, 0.4) is 0 Å². The second kappa shape index (κ2) is 8.69. The number of likely N-dealkylation sites (tertiary alicyclic amines) is 1. The number of thiophene rings is 1. The van der Waals surface area contributed by atoms with Gasteiger partial charge in [-0.2, -0.15) is 0 Å². The largest absolute Gasteiger partial charge is 0.381 e. The summed E-state index contributed by atoms with van der Waals surface area (Å²) < 4.78 is 5.15. The van der Waals surface area contributed by atoms with E-state index in [2.05, 4.69) is 43.4 Å². The first kappa shape index (κ1) is 18.9. The van der Waals surface area contributed by atoms with Crippen molar-refractivity contribution in [1.29, 1.82) is 0 Å². The molecule has 5 heteroatoms. The molecule has 1 N–H and O–H groups in total. The zero-order valence-corrected chi connectivity index (χ0v) is 16.6. The van der Waals surface area contributed by atoms with Gasteiger partial charge >= 0.3 is 0 Å². The van der Waals surface area contributed by atoms with Crippen molar-refractivity contribution in [2.75, 3.05) is 25.5 Å². The van der Waals surface area contributed by atoms with Crippen molar-refractivity contribution in [2.24, 2.45) is 0 Å². The first-order chi connectivity index (χ1) is 12.6. The van der Waals surface area contributed by atoms with E-state index >= 15 is 0 Å². The molecular weight excluding hydrogens is 344 g/mol. The number of ether oxygens (including phenoxy) is 1. The molecule has 1 amide bonds. The summed E-state index contributed by atoms with van der Waals surface area (Å²) in [4.78, 5) is 16.7. The van der Waals surface area contributed by atoms with Gasteiger partial charge in [0.1, 0.15) is 0 Å². The van der Waals surface area contributed by atoms with Gasteiger partial charge in [-0.1, -0.05) is 26.0 Å². The zero-order valence-electron chi connectivity index (χ0n) is 15.8. The van der Waals surface area contributed by atoms with E-state index < -0.39 is 0 Å². The summed E-state index contributed by atoms with van der Waals surface area (Å²) in [6, 6.07) is 12.9. The lowest BCUT2D eigenvalue weighted by atomic mass is 10.0. The van der Waals surface area contributed by atoms with Gasteiger partial charge in [0.15, 0.2) is 0 Å². The van der Waals surface area contributed by atoms with E-state index in [1.807, 2.05) is 17.0 Å². The number of hydrogen-bond acceptors (Lipinski definition) is 4. The number of carbonyl (C=O) groups is 1. The van der Waals surface area contributed by atoms with Gasteiger partial charge < -0.3 is 15.0 Å². The van der Waals surface area contributed by atoms with Crippen LogP contribution in [0.5, 0.6) is 0 Å². The van der Waals surface area contributed by atoms with Crippen molar-refractivity contribution < 1.29 is 9.53 Å². The summed E-state index contributed by atoms with van der Waals surface area (Å²) in [7, 11) is 1.68. The number of piperidine rings is 1. The standard InChI is InChI=1S/C21H28N2O2S/c1-15(2)16-6-8-17(9-7-16)22-18-5-4-12-23(13-18)21(24)20-11-10-19(26-20)14-25-3/h6-11,15,18,22H,4-5,12-14H2,1-3H3/t18-/m1/s1. The normalized spacial score (nSPS) is 17.5. The maximum Gasteiger partial charge on any atom is 0.263 e. The SMILES string of the molecule is COCc1ccc(C(=O)N2CCC[C@@H](Nc3ccc(C(C)C)cc3)C2)s1. The molecule has 0 unspecified atom stereocenters. The minimum Gasteiger partial charge on any atom is -0.381 e. The first-order valence-electron chi connectivity index (χ1n) is 9.30. The highest BCUT2D eigenvalue weighted by Crippen LogP contribution is 2.23. The predicted molar refractivity (Wildman–Crippen MR) is 108 cm³/mol. The fourth-order valence-electron chi connectivity index (χ4n) is 3.35. The van der Waals surface area contributed by atoms with E-state index in [-0.39, 0.29) is 5.91 Å². The molecule has 0 spiro atoms. The van der Waals surface area contributed by atoms with Crippen LogP contribution in [0.25, 0.3) is 0 Å². The summed E-state index contributed by atoms with van der Waals surface area (Å²) in [5, 5.41) is 3.60. The van der Waals surface area contributed by atoms with Gasteiger partial charge in [-0.3, -0.25) is 4.79 Å². The second-order valence-electron chi connectivity index (χ2n) is 7.21. The smallest absolute Gasteiger partial charge is 0.263 e. The number of methoxy groups -OCH3 is 1. The van der Waals surface area contributed by atoms with E-state index in [4.69, 9.17) is 4.74 Å². The molecule has 0 bridgehead atoms. The Labute approximate surface area is 160 Å². The fraction of sp³-hybridized carbons (Fsp3) is 0.476. The molecule has 0 radical (unpaired) electrons. The zero-order chi connectivity index (χ0) is 18.5. The summed E-state index contributed by atoms with van der Waals surface area (Å²) >= 11 is 1.53. The van der Waals surface area contributed by atoms with E-state index in [1.54, 1.807) is 7.11 Å². The minimum absolute atomic E-state index is 0.138. The molecule has 1 aromatic carbocycles. The molecule has 4 nitrogen and oxygen atoms in total. The summed E-state index contributed by atoms with van der Waals surface area (Å²) in [6.45, 7) is 6.56. The molecule has 1 saturated heterocycles. The van der Waals surface area contributed by atoms with Crippen LogP contribution in [0, 0.1) is 0 Å². The van der Waals surface area contributed by atoms with Crippen molar-refractivity contribution in [2.45, 2.75) is 45.3 Å². The molecule has 1 fully saturated rings. The molecule has 1 atom stereocenters. The first-order valence-corrected chi connectivity index (χ1v) is 10.1. The van der Waals surface area contributed by atoms with E-state index in [0.717, 1.165) is 41.4 Å². The summed E-state index contributed by atoms with van der Waals surface area (Å²) in [5.41, 5.74) is 2.48. The number of benzene rings is 1.